The van der Waals surface area contributed by atoms with Crippen molar-refractivity contribution in [1.29, 1.82) is 0 Å². The molecule has 2 rings (SSSR count). The van der Waals surface area contributed by atoms with Gasteiger partial charge in [0.25, 0.3) is 0 Å². The van der Waals surface area contributed by atoms with Crippen molar-refractivity contribution in [2.24, 2.45) is 4.99 Å². The largest absolute Gasteiger partial charge is 0.469 e. The fraction of sp³-hybridized carbons (Fsp3) is 0.833. The molecular weight excluding hydrogens is 461 g/mol. The zero-order chi connectivity index (χ0) is 18.9. The molecule has 1 amide bonds. The normalized spacial score (nSPS) is 19.4. The van der Waals surface area contributed by atoms with Gasteiger partial charge in [-0.1, -0.05) is 0 Å². The van der Waals surface area contributed by atoms with E-state index >= 15 is 0 Å². The van der Waals surface area contributed by atoms with Gasteiger partial charge in [-0.15, -0.1) is 24.0 Å². The number of methoxy groups -OCH3 is 1. The predicted octanol–water partition coefficient (Wildman–Crippen LogP) is 0.762. The minimum atomic E-state index is -0.247. The second kappa shape index (κ2) is 12.4. The van der Waals surface area contributed by atoms with Gasteiger partial charge in [0.05, 0.1) is 26.1 Å². The van der Waals surface area contributed by atoms with Crippen molar-refractivity contribution in [2.45, 2.75) is 39.2 Å². The van der Waals surface area contributed by atoms with Crippen LogP contribution in [0.2, 0.25) is 0 Å². The summed E-state index contributed by atoms with van der Waals surface area (Å²) < 4.78 is 4.66. The molecule has 2 saturated heterocycles. The highest BCUT2D eigenvalue weighted by Gasteiger charge is 2.30. The summed E-state index contributed by atoms with van der Waals surface area (Å²) in [4.78, 5) is 34.8. The number of amides is 1. The Balaban J connectivity index is 0.00000364. The molecule has 0 aliphatic carbocycles. The molecular formula is C18H34IN5O3. The Morgan fingerprint density at radius 1 is 1.07 bits per heavy atom. The third kappa shape index (κ3) is 7.10. The van der Waals surface area contributed by atoms with Crippen LogP contribution in [0.3, 0.4) is 0 Å². The average Bonchev–Trinajstić information content (AvgIpc) is 3.21. The Kier molecular flexibility index (Phi) is 11.0. The Morgan fingerprint density at radius 2 is 1.70 bits per heavy atom. The Labute approximate surface area is 179 Å². The highest BCUT2D eigenvalue weighted by atomic mass is 127. The molecule has 0 saturated carbocycles. The van der Waals surface area contributed by atoms with Gasteiger partial charge in [-0.3, -0.25) is 19.5 Å². The molecule has 1 unspecified atom stereocenters. The van der Waals surface area contributed by atoms with Crippen LogP contribution in [0.25, 0.3) is 0 Å². The van der Waals surface area contributed by atoms with Crippen LogP contribution < -0.4 is 5.32 Å². The quantitative estimate of drug-likeness (QED) is 0.254. The van der Waals surface area contributed by atoms with E-state index in [-0.39, 0.29) is 48.3 Å². The van der Waals surface area contributed by atoms with Crippen LogP contribution in [-0.4, -0.2) is 98.0 Å². The summed E-state index contributed by atoms with van der Waals surface area (Å²) in [6, 6.07) is -0.0610. The third-order valence-corrected chi connectivity index (χ3v) is 5.08. The number of carbonyl (C=O) groups excluding carboxylic acids is 2. The van der Waals surface area contributed by atoms with Gasteiger partial charge in [-0.05, 0) is 26.7 Å². The van der Waals surface area contributed by atoms with E-state index in [2.05, 4.69) is 24.8 Å². The molecule has 2 fully saturated rings. The summed E-state index contributed by atoms with van der Waals surface area (Å²) in [7, 11) is 1.39. The van der Waals surface area contributed by atoms with Crippen LogP contribution >= 0.6 is 24.0 Å². The van der Waals surface area contributed by atoms with Crippen LogP contribution in [0, 0.1) is 0 Å². The lowest BCUT2D eigenvalue weighted by atomic mass is 10.2. The second-order valence-corrected chi connectivity index (χ2v) is 6.79. The lowest BCUT2D eigenvalue weighted by Crippen LogP contribution is -2.57. The average molecular weight is 495 g/mol. The first-order valence-corrected chi connectivity index (χ1v) is 9.69. The highest BCUT2D eigenvalue weighted by Crippen LogP contribution is 2.14. The number of rotatable bonds is 6. The number of carbonyl (C=O) groups is 2. The van der Waals surface area contributed by atoms with Crippen molar-refractivity contribution in [2.75, 3.05) is 59.5 Å². The summed E-state index contributed by atoms with van der Waals surface area (Å²) in [6.07, 6.45) is 2.54. The first-order chi connectivity index (χ1) is 12.6. The lowest BCUT2D eigenvalue weighted by Gasteiger charge is -2.39. The third-order valence-electron chi connectivity index (χ3n) is 5.08. The summed E-state index contributed by atoms with van der Waals surface area (Å²) in [5.74, 6) is 0.841. The van der Waals surface area contributed by atoms with Crippen molar-refractivity contribution in [3.63, 3.8) is 0 Å². The molecule has 2 heterocycles. The van der Waals surface area contributed by atoms with Crippen LogP contribution in [-0.2, 0) is 14.3 Å². The molecule has 0 spiro atoms. The minimum Gasteiger partial charge on any atom is -0.469 e. The first-order valence-electron chi connectivity index (χ1n) is 9.69. The van der Waals surface area contributed by atoms with Crippen molar-refractivity contribution >= 4 is 41.8 Å². The van der Waals surface area contributed by atoms with E-state index in [1.54, 1.807) is 0 Å². The summed E-state index contributed by atoms with van der Waals surface area (Å²) >= 11 is 0. The fourth-order valence-electron chi connectivity index (χ4n) is 3.46. The van der Waals surface area contributed by atoms with E-state index in [4.69, 9.17) is 0 Å². The fourth-order valence-corrected chi connectivity index (χ4v) is 3.46. The summed E-state index contributed by atoms with van der Waals surface area (Å²) in [6.45, 7) is 10.4. The Bertz CT molecular complexity index is 503. The van der Waals surface area contributed by atoms with Gasteiger partial charge in [-0.25, -0.2) is 0 Å². The van der Waals surface area contributed by atoms with Gasteiger partial charge in [0.2, 0.25) is 5.91 Å². The summed E-state index contributed by atoms with van der Waals surface area (Å²) in [5.41, 5.74) is 0. The van der Waals surface area contributed by atoms with E-state index in [0.29, 0.717) is 6.54 Å². The molecule has 27 heavy (non-hydrogen) atoms. The van der Waals surface area contributed by atoms with E-state index < -0.39 is 0 Å². The maximum atomic E-state index is 12.6. The number of hydrogen-bond donors (Lipinski definition) is 1. The van der Waals surface area contributed by atoms with Gasteiger partial charge < -0.3 is 19.9 Å². The molecule has 0 aromatic heterocycles. The highest BCUT2D eigenvalue weighted by molar-refractivity contribution is 14.0. The van der Waals surface area contributed by atoms with Gasteiger partial charge in [0.15, 0.2) is 5.96 Å². The molecule has 2 aliphatic rings. The SMILES string of the molecule is CCNC(=NCCC(=O)OC)N1CCN(C(C)C(=O)N2CCCC2)CC1.I. The van der Waals surface area contributed by atoms with E-state index in [9.17, 15) is 9.59 Å². The number of guanidine groups is 1. The molecule has 0 radical (unpaired) electrons. The zero-order valence-electron chi connectivity index (χ0n) is 16.8. The molecule has 0 bridgehead atoms. The molecule has 1 N–H and O–H groups in total. The number of piperazine rings is 1. The van der Waals surface area contributed by atoms with E-state index in [1.165, 1.54) is 7.11 Å². The molecule has 8 nitrogen and oxygen atoms in total. The van der Waals surface area contributed by atoms with E-state index in [1.807, 2.05) is 18.7 Å². The van der Waals surface area contributed by atoms with Gasteiger partial charge in [0.1, 0.15) is 0 Å². The Hall–Kier alpha value is -1.10. The maximum Gasteiger partial charge on any atom is 0.307 e. The standard InChI is InChI=1S/C18H33N5O3.HI/c1-4-19-18(20-8-7-16(24)26-3)23-13-11-21(12-14-23)15(2)17(25)22-9-5-6-10-22;/h15H,4-14H2,1-3H3,(H,19,20);1H. The van der Waals surface area contributed by atoms with Crippen LogP contribution in [0.1, 0.15) is 33.1 Å². The molecule has 1 atom stereocenters. The van der Waals surface area contributed by atoms with Crippen LogP contribution in [0.4, 0.5) is 0 Å². The predicted molar refractivity (Wildman–Crippen MR) is 116 cm³/mol. The monoisotopic (exact) mass is 495 g/mol. The van der Waals surface area contributed by atoms with Crippen molar-refractivity contribution in [3.05, 3.63) is 0 Å². The smallest absolute Gasteiger partial charge is 0.307 e. The first kappa shape index (κ1) is 23.9. The Morgan fingerprint density at radius 3 is 2.26 bits per heavy atom. The zero-order valence-corrected chi connectivity index (χ0v) is 19.1. The maximum absolute atomic E-state index is 12.6. The number of ether oxygens (including phenoxy) is 1. The van der Waals surface area contributed by atoms with Gasteiger partial charge in [-0.2, -0.15) is 0 Å². The van der Waals surface area contributed by atoms with Crippen LogP contribution in [0.15, 0.2) is 4.99 Å². The molecule has 0 aromatic carbocycles. The number of esters is 1. The molecule has 156 valence electrons. The number of halogens is 1. The van der Waals surface area contributed by atoms with Crippen molar-refractivity contribution < 1.29 is 14.3 Å². The number of aliphatic imine (C=N–C) groups is 1. The molecule has 2 aliphatic heterocycles. The molecule has 0 aromatic rings. The van der Waals surface area contributed by atoms with Gasteiger partial charge in [0, 0.05) is 45.8 Å². The minimum absolute atomic E-state index is 0. The number of likely N-dealkylation sites (tertiary alicyclic amines) is 1. The molecule has 9 heteroatoms. The number of nitrogens with one attached hydrogen (secondary N) is 1. The van der Waals surface area contributed by atoms with Crippen LogP contribution in [0.5, 0.6) is 0 Å². The van der Waals surface area contributed by atoms with Gasteiger partial charge >= 0.3 is 5.97 Å². The van der Waals surface area contributed by atoms with E-state index in [0.717, 1.165) is 64.6 Å². The number of hydrogen-bond acceptors (Lipinski definition) is 5. The topological polar surface area (TPSA) is 77.5 Å². The van der Waals surface area contributed by atoms with Crippen molar-refractivity contribution in [1.82, 2.24) is 20.0 Å². The number of nitrogens with zero attached hydrogens (tertiary/aromatic N) is 4. The lowest BCUT2D eigenvalue weighted by molar-refractivity contribution is -0.140. The second-order valence-electron chi connectivity index (χ2n) is 6.79. The summed E-state index contributed by atoms with van der Waals surface area (Å²) in [5, 5.41) is 3.29. The van der Waals surface area contributed by atoms with Crippen molar-refractivity contribution in [3.8, 4) is 0 Å².